The number of rotatable bonds is 12. The van der Waals surface area contributed by atoms with E-state index in [1.807, 2.05) is 14.0 Å². The number of ketones is 2. The first-order valence-corrected chi connectivity index (χ1v) is 20.1. The number of carbonyl (C=O) groups excluding carboxylic acids is 3. The van der Waals surface area contributed by atoms with Gasteiger partial charge in [0.1, 0.15) is 0 Å². The Bertz CT molecular complexity index is 1350. The number of nitrogens with one attached hydrogen (secondary N) is 4. The topological polar surface area (TPSA) is 141 Å². The molecule has 10 nitrogen and oxygen atoms in total. The molecule has 50 heavy (non-hydrogen) atoms. The van der Waals surface area contributed by atoms with Crippen molar-refractivity contribution in [2.75, 3.05) is 33.4 Å². The van der Waals surface area contributed by atoms with Gasteiger partial charge in [-0.25, -0.2) is 4.79 Å². The molecule has 0 aromatic heterocycles. The van der Waals surface area contributed by atoms with Crippen molar-refractivity contribution in [3.63, 3.8) is 0 Å². The van der Waals surface area contributed by atoms with Crippen LogP contribution in [0.2, 0.25) is 0 Å². The maximum Gasteiger partial charge on any atom is 0.350 e. The van der Waals surface area contributed by atoms with Crippen LogP contribution in [0.3, 0.4) is 0 Å². The van der Waals surface area contributed by atoms with Crippen molar-refractivity contribution in [1.82, 2.24) is 21.3 Å². The Morgan fingerprint density at radius 3 is 2.62 bits per heavy atom. The van der Waals surface area contributed by atoms with Crippen LogP contribution in [-0.2, 0) is 23.9 Å². The summed E-state index contributed by atoms with van der Waals surface area (Å²) >= 11 is 0. The molecule has 5 unspecified atom stereocenters. The molecule has 3 aliphatic heterocycles. The zero-order chi connectivity index (χ0) is 35.0. The van der Waals surface area contributed by atoms with Crippen molar-refractivity contribution in [2.45, 2.75) is 133 Å². The third-order valence-electron chi connectivity index (χ3n) is 14.2. The van der Waals surface area contributed by atoms with Gasteiger partial charge in [0.2, 0.25) is 0 Å². The highest BCUT2D eigenvalue weighted by Crippen LogP contribution is 2.62. The monoisotopic (exact) mass is 694 g/mol. The SMILES string of the molecule is CCN[C@@H]1C[C@@H]2C=CCC[C@H]2C[C@@H]1COC(=O)[C@]12O[C@@]1(CC(CO)=C(C)CCC1CCNC3N[C@@H](NC)CCC13)C(=O)C1CCCCC1C2=O. The minimum absolute atomic E-state index is 0.0709. The molecule has 6 fully saturated rings. The Balaban J connectivity index is 1.08. The van der Waals surface area contributed by atoms with Crippen LogP contribution in [0.5, 0.6) is 0 Å². The fourth-order valence-corrected chi connectivity index (χ4v) is 11.2. The number of piperidine rings is 2. The minimum atomic E-state index is -1.90. The maximum atomic E-state index is 14.4. The van der Waals surface area contributed by atoms with E-state index in [0.29, 0.717) is 54.4 Å². The van der Waals surface area contributed by atoms with Crippen molar-refractivity contribution in [1.29, 1.82) is 0 Å². The van der Waals surface area contributed by atoms with Gasteiger partial charge in [0, 0.05) is 30.2 Å². The van der Waals surface area contributed by atoms with E-state index in [4.69, 9.17) is 9.47 Å². The van der Waals surface area contributed by atoms with Crippen molar-refractivity contribution in [3.05, 3.63) is 23.3 Å². The second-order valence-electron chi connectivity index (χ2n) is 16.7. The lowest BCUT2D eigenvalue weighted by Gasteiger charge is -2.45. The Labute approximate surface area is 298 Å². The molecule has 3 saturated heterocycles. The summed E-state index contributed by atoms with van der Waals surface area (Å²) in [5, 5.41) is 25.1. The van der Waals surface area contributed by atoms with Crippen LogP contribution in [0.1, 0.15) is 104 Å². The molecule has 7 aliphatic rings. The molecule has 0 bridgehead atoms. The highest BCUT2D eigenvalue weighted by molar-refractivity contribution is 6.23. The molecular formula is C40H62N4O6. The Kier molecular flexibility index (Phi) is 11.1. The minimum Gasteiger partial charge on any atom is -0.463 e. The molecule has 10 heteroatoms. The summed E-state index contributed by atoms with van der Waals surface area (Å²) in [6, 6.07) is 0.224. The summed E-state index contributed by atoms with van der Waals surface area (Å²) in [5.74, 6) is 0.336. The summed E-state index contributed by atoms with van der Waals surface area (Å²) in [7, 11) is 2.00. The number of esters is 1. The lowest BCUT2D eigenvalue weighted by Crippen LogP contribution is -2.62. The lowest BCUT2D eigenvalue weighted by atomic mass is 9.60. The number of fused-ring (bicyclic) bond motifs is 4. The smallest absolute Gasteiger partial charge is 0.350 e. The highest BCUT2D eigenvalue weighted by atomic mass is 16.7. The van der Waals surface area contributed by atoms with E-state index in [1.165, 1.54) is 0 Å². The van der Waals surface area contributed by atoms with Crippen molar-refractivity contribution >= 4 is 17.5 Å². The van der Waals surface area contributed by atoms with Crippen LogP contribution in [-0.4, -0.2) is 85.6 Å². The van der Waals surface area contributed by atoms with E-state index in [-0.39, 0.29) is 43.2 Å². The molecule has 12 atom stereocenters. The van der Waals surface area contributed by atoms with Crippen molar-refractivity contribution < 1.29 is 29.0 Å². The van der Waals surface area contributed by atoms with Crippen molar-refractivity contribution in [3.8, 4) is 0 Å². The normalized spacial score (nSPS) is 42.8. The van der Waals surface area contributed by atoms with Crippen LogP contribution in [0.4, 0.5) is 0 Å². The largest absolute Gasteiger partial charge is 0.463 e. The molecule has 278 valence electrons. The molecular weight excluding hydrogens is 632 g/mol. The third kappa shape index (κ3) is 6.48. The highest BCUT2D eigenvalue weighted by Gasteiger charge is 2.87. The van der Waals surface area contributed by atoms with Gasteiger partial charge >= 0.3 is 5.97 Å². The first kappa shape index (κ1) is 36.4. The average molecular weight is 695 g/mol. The number of aliphatic hydroxyl groups excluding tert-OH is 1. The summed E-state index contributed by atoms with van der Waals surface area (Å²) < 4.78 is 12.5. The molecule has 3 heterocycles. The van der Waals surface area contributed by atoms with Crippen LogP contribution in [0, 0.1) is 41.4 Å². The van der Waals surface area contributed by atoms with Gasteiger partial charge in [0.05, 0.1) is 25.5 Å². The predicted molar refractivity (Wildman–Crippen MR) is 191 cm³/mol. The number of epoxide rings is 1. The van der Waals surface area contributed by atoms with E-state index < -0.39 is 29.0 Å². The second-order valence-corrected chi connectivity index (χ2v) is 16.7. The molecule has 0 radical (unpaired) electrons. The molecule has 0 aromatic rings. The second kappa shape index (κ2) is 15.2. The quantitative estimate of drug-likeness (QED) is 0.0884. The average Bonchev–Trinajstić information content (AvgIpc) is 3.85. The Hall–Kier alpha value is -1.95. The van der Waals surface area contributed by atoms with Crippen LogP contribution in [0.15, 0.2) is 23.3 Å². The number of hydrogen-bond donors (Lipinski definition) is 5. The van der Waals surface area contributed by atoms with E-state index in [9.17, 15) is 19.5 Å². The zero-order valence-electron chi connectivity index (χ0n) is 30.6. The number of carbonyl (C=O) groups is 3. The van der Waals surface area contributed by atoms with Gasteiger partial charge < -0.3 is 30.5 Å². The summed E-state index contributed by atoms with van der Waals surface area (Å²) in [4.78, 5) is 43.1. The fraction of sp³-hybridized carbons (Fsp3) is 0.825. The van der Waals surface area contributed by atoms with Gasteiger partial charge in [-0.15, -0.1) is 0 Å². The zero-order valence-corrected chi connectivity index (χ0v) is 30.6. The van der Waals surface area contributed by atoms with Gasteiger partial charge in [-0.05, 0) is 127 Å². The van der Waals surface area contributed by atoms with Crippen LogP contribution in [0.25, 0.3) is 0 Å². The number of aliphatic hydroxyl groups is 1. The number of allylic oxidation sites excluding steroid dienone is 3. The Morgan fingerprint density at radius 2 is 1.86 bits per heavy atom. The van der Waals surface area contributed by atoms with Gasteiger partial charge in [0.15, 0.2) is 17.2 Å². The van der Waals surface area contributed by atoms with Crippen LogP contribution >= 0.6 is 0 Å². The molecule has 0 amide bonds. The number of Topliss-reactive ketones (excluding diaryl/α,β-unsaturated/α-hetero) is 2. The molecule has 3 saturated carbocycles. The van der Waals surface area contributed by atoms with Gasteiger partial charge in [-0.1, -0.05) is 37.5 Å². The van der Waals surface area contributed by atoms with Crippen molar-refractivity contribution in [2.24, 2.45) is 41.4 Å². The van der Waals surface area contributed by atoms with Crippen LogP contribution < -0.4 is 21.3 Å². The number of hydrogen-bond acceptors (Lipinski definition) is 10. The third-order valence-corrected chi connectivity index (χ3v) is 14.2. The summed E-state index contributed by atoms with van der Waals surface area (Å²) in [5.41, 5.74) is -1.74. The predicted octanol–water partition coefficient (Wildman–Crippen LogP) is 3.93. The van der Waals surface area contributed by atoms with E-state index in [0.717, 1.165) is 89.3 Å². The molecule has 0 aromatic carbocycles. The lowest BCUT2D eigenvalue weighted by molar-refractivity contribution is -0.160. The molecule has 0 spiro atoms. The standard InChI is InChI=1S/C40H62N4O6/c1-4-42-33-20-27-10-6-5-9-26(27)19-28(33)23-49-38(48)40-36(47)32-12-8-7-11-31(32)35(46)39(40,50-40)21-29(22-45)24(2)13-14-25-17-18-43-37-30(25)15-16-34(41-3)44-37/h6,10,25-28,30-34,37,41-45H,4-5,7-9,11-23H2,1-3H3/t25?,26-,27-,28+,30?,31?,32?,33+,34+,37?,39-,40-/m0/s1. The van der Waals surface area contributed by atoms with Gasteiger partial charge in [-0.3, -0.25) is 14.9 Å². The molecule has 5 N–H and O–H groups in total. The Morgan fingerprint density at radius 1 is 1.06 bits per heavy atom. The fourth-order valence-electron chi connectivity index (χ4n) is 11.2. The van der Waals surface area contributed by atoms with E-state index in [1.54, 1.807) is 0 Å². The van der Waals surface area contributed by atoms with Gasteiger partial charge in [-0.2, -0.15) is 0 Å². The summed E-state index contributed by atoms with van der Waals surface area (Å²) in [6.45, 7) is 5.93. The summed E-state index contributed by atoms with van der Waals surface area (Å²) in [6.07, 6.45) is 17.7. The van der Waals surface area contributed by atoms with E-state index in [2.05, 4.69) is 40.3 Å². The molecule has 7 rings (SSSR count). The molecule has 4 aliphatic carbocycles. The maximum absolute atomic E-state index is 14.4. The first-order valence-electron chi connectivity index (χ1n) is 20.1. The van der Waals surface area contributed by atoms with Gasteiger partial charge in [0.25, 0.3) is 5.60 Å². The first-order chi connectivity index (χ1) is 24.3. The van der Waals surface area contributed by atoms with E-state index >= 15 is 0 Å². The number of ether oxygens (including phenoxy) is 2.